The van der Waals surface area contributed by atoms with E-state index in [2.05, 4.69) is 4.98 Å². The number of nitrogens with zero attached hydrogens (tertiary/aromatic N) is 2. The van der Waals surface area contributed by atoms with Crippen LogP contribution in [0.15, 0.2) is 29.4 Å². The summed E-state index contributed by atoms with van der Waals surface area (Å²) in [5, 5.41) is 8.60. The fraction of sp³-hybridized carbons (Fsp3) is 0.188. The third-order valence-corrected chi connectivity index (χ3v) is 4.58. The maximum Gasteiger partial charge on any atom is 0.193 e. The van der Waals surface area contributed by atoms with Gasteiger partial charge < -0.3 is 4.74 Å². The second kappa shape index (κ2) is 5.69. The van der Waals surface area contributed by atoms with Crippen LogP contribution in [0.1, 0.15) is 27.9 Å². The van der Waals surface area contributed by atoms with Gasteiger partial charge in [0, 0.05) is 24.3 Å². The van der Waals surface area contributed by atoms with Gasteiger partial charge in [0.05, 0.1) is 23.4 Å². The number of ether oxygens (including phenoxy) is 1. The molecule has 0 saturated carbocycles. The monoisotopic (exact) mass is 346 g/mol. The van der Waals surface area contributed by atoms with Gasteiger partial charge in [0.25, 0.3) is 0 Å². The summed E-state index contributed by atoms with van der Waals surface area (Å²) < 4.78 is 42.6. The number of pyridine rings is 1. The molecular weight excluding hydrogens is 335 g/mol. The van der Waals surface area contributed by atoms with Crippen LogP contribution in [0.5, 0.6) is 11.5 Å². The summed E-state index contributed by atoms with van der Waals surface area (Å²) in [6.45, 7) is 0. The van der Waals surface area contributed by atoms with Crippen molar-refractivity contribution in [2.75, 3.05) is 6.26 Å². The molecule has 0 amide bonds. The predicted octanol–water partition coefficient (Wildman–Crippen LogP) is 2.42. The Kier molecular flexibility index (Phi) is 3.81. The molecule has 8 heteroatoms. The minimum atomic E-state index is -3.66. The van der Waals surface area contributed by atoms with Gasteiger partial charge in [-0.25, -0.2) is 17.8 Å². The molecule has 1 aromatic heterocycles. The van der Waals surface area contributed by atoms with Crippen LogP contribution in [0.25, 0.3) is 0 Å². The number of nitriles is 1. The molecule has 1 heterocycles. The second-order valence-corrected chi connectivity index (χ2v) is 7.30. The van der Waals surface area contributed by atoms with E-state index in [1.165, 1.54) is 12.3 Å². The summed E-state index contributed by atoms with van der Waals surface area (Å²) in [6.07, 6.45) is 2.65. The summed E-state index contributed by atoms with van der Waals surface area (Å²) in [6, 6.07) is 5.31. The SMILES string of the molecule is CS(=O)(=O)c1ncc(Oc2cc(F)cc(C#N)c2)c2c1C(=O)CC2. The molecular formula is C16H11FN2O4S. The molecule has 0 N–H and O–H groups in total. The number of Topliss-reactive ketones (excluding diaryl/α,β-unsaturated/α-hetero) is 1. The van der Waals surface area contributed by atoms with Gasteiger partial charge in [0.2, 0.25) is 0 Å². The quantitative estimate of drug-likeness (QED) is 0.846. The van der Waals surface area contributed by atoms with E-state index in [0.717, 1.165) is 18.4 Å². The van der Waals surface area contributed by atoms with Crippen molar-refractivity contribution in [3.63, 3.8) is 0 Å². The summed E-state index contributed by atoms with van der Waals surface area (Å²) in [5.74, 6) is -0.711. The molecule has 1 aliphatic carbocycles. The molecule has 122 valence electrons. The highest BCUT2D eigenvalue weighted by atomic mass is 32.2. The summed E-state index contributed by atoms with van der Waals surface area (Å²) >= 11 is 0. The van der Waals surface area contributed by atoms with E-state index in [-0.39, 0.29) is 39.9 Å². The zero-order valence-corrected chi connectivity index (χ0v) is 13.4. The number of fused-ring (bicyclic) bond motifs is 1. The molecule has 0 unspecified atom stereocenters. The van der Waals surface area contributed by atoms with Crippen molar-refractivity contribution < 1.29 is 22.3 Å². The van der Waals surface area contributed by atoms with Crippen molar-refractivity contribution in [1.82, 2.24) is 4.98 Å². The van der Waals surface area contributed by atoms with Gasteiger partial charge in [-0.05, 0) is 18.6 Å². The van der Waals surface area contributed by atoms with Crippen LogP contribution in [-0.4, -0.2) is 25.4 Å². The van der Waals surface area contributed by atoms with E-state index in [0.29, 0.717) is 12.0 Å². The van der Waals surface area contributed by atoms with Gasteiger partial charge in [-0.15, -0.1) is 0 Å². The molecule has 1 aromatic carbocycles. The zero-order valence-electron chi connectivity index (χ0n) is 12.5. The lowest BCUT2D eigenvalue weighted by molar-refractivity contribution is 0.0991. The largest absolute Gasteiger partial charge is 0.455 e. The topological polar surface area (TPSA) is 97.1 Å². The first-order valence-electron chi connectivity index (χ1n) is 6.93. The average Bonchev–Trinajstić information content (AvgIpc) is 2.88. The number of carbonyl (C=O) groups is 1. The van der Waals surface area contributed by atoms with Crippen LogP contribution in [0.4, 0.5) is 4.39 Å². The van der Waals surface area contributed by atoms with Gasteiger partial charge in [0.1, 0.15) is 17.3 Å². The maximum atomic E-state index is 13.5. The third-order valence-electron chi connectivity index (χ3n) is 3.57. The Bertz CT molecular complexity index is 1010. The minimum Gasteiger partial charge on any atom is -0.455 e. The predicted molar refractivity (Wildman–Crippen MR) is 81.2 cm³/mol. The highest BCUT2D eigenvalue weighted by molar-refractivity contribution is 7.90. The normalized spacial score (nSPS) is 13.5. The number of rotatable bonds is 3. The Hall–Kier alpha value is -2.79. The van der Waals surface area contributed by atoms with Gasteiger partial charge >= 0.3 is 0 Å². The molecule has 3 rings (SSSR count). The van der Waals surface area contributed by atoms with Crippen molar-refractivity contribution >= 4 is 15.6 Å². The van der Waals surface area contributed by atoms with Gasteiger partial charge in [0.15, 0.2) is 20.6 Å². The molecule has 0 saturated heterocycles. The molecule has 6 nitrogen and oxygen atoms in total. The molecule has 0 spiro atoms. The number of carbonyl (C=O) groups excluding carboxylic acids is 1. The van der Waals surface area contributed by atoms with E-state index < -0.39 is 15.7 Å². The standard InChI is InChI=1S/C16H11FN2O4S/c1-24(21,22)16-15-12(2-3-13(15)20)14(8-19-16)23-11-5-9(7-18)4-10(17)6-11/h4-6,8H,2-3H2,1H3. The van der Waals surface area contributed by atoms with Gasteiger partial charge in [-0.1, -0.05) is 0 Å². The van der Waals surface area contributed by atoms with Gasteiger partial charge in [-0.2, -0.15) is 5.26 Å². The third kappa shape index (κ3) is 2.86. The summed E-state index contributed by atoms with van der Waals surface area (Å²) in [5.41, 5.74) is 0.545. The highest BCUT2D eigenvalue weighted by Gasteiger charge is 2.31. The molecule has 1 aliphatic rings. The van der Waals surface area contributed by atoms with Crippen molar-refractivity contribution in [1.29, 1.82) is 5.26 Å². The number of halogens is 1. The van der Waals surface area contributed by atoms with Crippen molar-refractivity contribution in [2.45, 2.75) is 17.9 Å². The highest BCUT2D eigenvalue weighted by Crippen LogP contribution is 2.36. The molecule has 0 bridgehead atoms. The average molecular weight is 346 g/mol. The van der Waals surface area contributed by atoms with Crippen LogP contribution in [-0.2, 0) is 16.3 Å². The Morgan fingerprint density at radius 2 is 2.04 bits per heavy atom. The van der Waals surface area contributed by atoms with E-state index in [4.69, 9.17) is 10.00 Å². The van der Waals surface area contributed by atoms with E-state index in [9.17, 15) is 17.6 Å². The lowest BCUT2D eigenvalue weighted by Crippen LogP contribution is -2.09. The fourth-order valence-electron chi connectivity index (χ4n) is 2.59. The van der Waals surface area contributed by atoms with Crippen LogP contribution < -0.4 is 4.74 Å². The lowest BCUT2D eigenvalue weighted by atomic mass is 10.1. The Morgan fingerprint density at radius 1 is 1.29 bits per heavy atom. The number of aromatic nitrogens is 1. The zero-order chi connectivity index (χ0) is 17.5. The number of sulfone groups is 1. The second-order valence-electron chi connectivity index (χ2n) is 5.37. The lowest BCUT2D eigenvalue weighted by Gasteiger charge is -2.12. The smallest absolute Gasteiger partial charge is 0.193 e. The Balaban J connectivity index is 2.10. The van der Waals surface area contributed by atoms with Crippen LogP contribution >= 0.6 is 0 Å². The first kappa shape index (κ1) is 16.1. The molecule has 0 atom stereocenters. The number of benzene rings is 1. The first-order chi connectivity index (χ1) is 11.3. The number of hydrogen-bond donors (Lipinski definition) is 0. The first-order valence-corrected chi connectivity index (χ1v) is 8.82. The van der Waals surface area contributed by atoms with E-state index in [1.54, 1.807) is 0 Å². The van der Waals surface area contributed by atoms with Crippen molar-refractivity contribution in [3.05, 3.63) is 46.9 Å². The Labute approximate surface area is 137 Å². The van der Waals surface area contributed by atoms with E-state index >= 15 is 0 Å². The number of hydrogen-bond acceptors (Lipinski definition) is 6. The molecule has 0 aliphatic heterocycles. The van der Waals surface area contributed by atoms with Gasteiger partial charge in [-0.3, -0.25) is 4.79 Å². The van der Waals surface area contributed by atoms with Crippen molar-refractivity contribution in [2.24, 2.45) is 0 Å². The van der Waals surface area contributed by atoms with E-state index in [1.807, 2.05) is 6.07 Å². The Morgan fingerprint density at radius 3 is 2.71 bits per heavy atom. The minimum absolute atomic E-state index is 0.0342. The van der Waals surface area contributed by atoms with Crippen LogP contribution in [0.3, 0.4) is 0 Å². The summed E-state index contributed by atoms with van der Waals surface area (Å²) in [7, 11) is -3.66. The maximum absolute atomic E-state index is 13.5. The fourth-order valence-corrected chi connectivity index (χ4v) is 3.45. The molecule has 24 heavy (non-hydrogen) atoms. The molecule has 2 aromatic rings. The van der Waals surface area contributed by atoms with Crippen LogP contribution in [0.2, 0.25) is 0 Å². The number of ketones is 1. The van der Waals surface area contributed by atoms with Crippen molar-refractivity contribution in [3.8, 4) is 17.6 Å². The van der Waals surface area contributed by atoms with Crippen LogP contribution in [0, 0.1) is 17.1 Å². The molecule has 0 radical (unpaired) electrons. The summed E-state index contributed by atoms with van der Waals surface area (Å²) in [4.78, 5) is 15.9. The molecule has 0 fully saturated rings.